The van der Waals surface area contributed by atoms with Crippen LogP contribution >= 0.6 is 0 Å². The van der Waals surface area contributed by atoms with Crippen LogP contribution in [0.15, 0.2) is 0 Å². The fourth-order valence-corrected chi connectivity index (χ4v) is 2.55. The predicted octanol–water partition coefficient (Wildman–Crippen LogP) is 0.610. The summed E-state index contributed by atoms with van der Waals surface area (Å²) < 4.78 is 24.1. The third kappa shape index (κ3) is 4.49. The van der Waals surface area contributed by atoms with E-state index in [2.05, 4.69) is 18.7 Å². The molecule has 4 nitrogen and oxygen atoms in total. The number of hydrogen-bond donors (Lipinski definition) is 0. The first kappa shape index (κ1) is 12.9. The third-order valence-corrected chi connectivity index (χ3v) is 4.13. The molecule has 1 aliphatic heterocycles. The highest BCUT2D eigenvalue weighted by Gasteiger charge is 2.22. The number of sulfonamides is 1. The second kappa shape index (κ2) is 5.27. The molecule has 1 aliphatic rings. The summed E-state index contributed by atoms with van der Waals surface area (Å²) in [6, 6.07) is 0. The van der Waals surface area contributed by atoms with Crippen molar-refractivity contribution >= 4 is 10.0 Å². The van der Waals surface area contributed by atoms with E-state index in [1.807, 2.05) is 0 Å². The molecule has 0 N–H and O–H groups in total. The van der Waals surface area contributed by atoms with Gasteiger partial charge < -0.3 is 4.90 Å². The van der Waals surface area contributed by atoms with Crippen molar-refractivity contribution in [2.45, 2.75) is 20.3 Å². The molecule has 1 fully saturated rings. The van der Waals surface area contributed by atoms with E-state index in [0.29, 0.717) is 13.1 Å². The van der Waals surface area contributed by atoms with E-state index >= 15 is 0 Å². The van der Waals surface area contributed by atoms with Gasteiger partial charge in [-0.25, -0.2) is 8.42 Å². The molecule has 90 valence electrons. The number of nitrogens with zero attached hydrogens (tertiary/aromatic N) is 2. The van der Waals surface area contributed by atoms with Gasteiger partial charge in [-0.2, -0.15) is 4.31 Å². The van der Waals surface area contributed by atoms with Gasteiger partial charge in [0.25, 0.3) is 0 Å². The first-order chi connectivity index (χ1) is 6.89. The SMILES string of the molecule is CC(C)CCN1CCN(S(C)(=O)=O)CC1. The van der Waals surface area contributed by atoms with Crippen molar-refractivity contribution in [3.05, 3.63) is 0 Å². The second-order valence-electron chi connectivity index (χ2n) is 4.69. The third-order valence-electron chi connectivity index (χ3n) is 2.82. The molecule has 0 bridgehead atoms. The molecule has 0 radical (unpaired) electrons. The molecular formula is C10H22N2O2S. The number of piperazine rings is 1. The van der Waals surface area contributed by atoms with Crippen LogP contribution in [0.2, 0.25) is 0 Å². The summed E-state index contributed by atoms with van der Waals surface area (Å²) in [6.45, 7) is 8.57. The lowest BCUT2D eigenvalue weighted by molar-refractivity contribution is 0.181. The minimum Gasteiger partial charge on any atom is -0.301 e. The molecule has 1 saturated heterocycles. The Morgan fingerprint density at radius 2 is 1.67 bits per heavy atom. The molecule has 5 heteroatoms. The van der Waals surface area contributed by atoms with Gasteiger partial charge in [0.1, 0.15) is 0 Å². The molecule has 0 unspecified atom stereocenters. The predicted molar refractivity (Wildman–Crippen MR) is 62.3 cm³/mol. The minimum atomic E-state index is -2.97. The maximum atomic E-state index is 11.3. The van der Waals surface area contributed by atoms with Crippen LogP contribution in [-0.2, 0) is 10.0 Å². The molecule has 0 aliphatic carbocycles. The van der Waals surface area contributed by atoms with E-state index in [9.17, 15) is 8.42 Å². The van der Waals surface area contributed by atoms with Gasteiger partial charge in [0.15, 0.2) is 0 Å². The maximum absolute atomic E-state index is 11.3. The first-order valence-electron chi connectivity index (χ1n) is 5.57. The smallest absolute Gasteiger partial charge is 0.211 e. The zero-order chi connectivity index (χ0) is 11.5. The van der Waals surface area contributed by atoms with Crippen molar-refractivity contribution in [1.82, 2.24) is 9.21 Å². The van der Waals surface area contributed by atoms with Gasteiger partial charge in [-0.05, 0) is 18.9 Å². The minimum absolute atomic E-state index is 0.650. The lowest BCUT2D eigenvalue weighted by Crippen LogP contribution is -2.48. The van der Waals surface area contributed by atoms with Crippen molar-refractivity contribution in [1.29, 1.82) is 0 Å². The maximum Gasteiger partial charge on any atom is 0.211 e. The number of hydrogen-bond acceptors (Lipinski definition) is 3. The Morgan fingerprint density at radius 1 is 1.13 bits per heavy atom. The average molecular weight is 234 g/mol. The van der Waals surface area contributed by atoms with Crippen molar-refractivity contribution in [2.24, 2.45) is 5.92 Å². The fraction of sp³-hybridized carbons (Fsp3) is 1.00. The molecule has 1 heterocycles. The van der Waals surface area contributed by atoms with Crippen LogP contribution in [0.1, 0.15) is 20.3 Å². The van der Waals surface area contributed by atoms with Gasteiger partial charge in [-0.1, -0.05) is 13.8 Å². The van der Waals surface area contributed by atoms with Crippen LogP contribution in [0.3, 0.4) is 0 Å². The van der Waals surface area contributed by atoms with Crippen LogP contribution in [0, 0.1) is 5.92 Å². The monoisotopic (exact) mass is 234 g/mol. The van der Waals surface area contributed by atoms with E-state index < -0.39 is 10.0 Å². The lowest BCUT2D eigenvalue weighted by Gasteiger charge is -2.33. The van der Waals surface area contributed by atoms with Crippen molar-refractivity contribution in [2.75, 3.05) is 39.0 Å². The Hall–Kier alpha value is -0.130. The van der Waals surface area contributed by atoms with E-state index in [-0.39, 0.29) is 0 Å². The summed E-state index contributed by atoms with van der Waals surface area (Å²) in [6.07, 6.45) is 2.48. The quantitative estimate of drug-likeness (QED) is 0.715. The largest absolute Gasteiger partial charge is 0.301 e. The fourth-order valence-electron chi connectivity index (χ4n) is 1.73. The number of rotatable bonds is 4. The second-order valence-corrected chi connectivity index (χ2v) is 6.67. The molecule has 0 atom stereocenters. The van der Waals surface area contributed by atoms with E-state index in [1.165, 1.54) is 12.7 Å². The van der Waals surface area contributed by atoms with Crippen molar-refractivity contribution in [3.8, 4) is 0 Å². The van der Waals surface area contributed by atoms with Gasteiger partial charge in [0.05, 0.1) is 6.26 Å². The Bertz CT molecular complexity index is 280. The van der Waals surface area contributed by atoms with Crippen LogP contribution in [0.4, 0.5) is 0 Å². The standard InChI is InChI=1S/C10H22N2O2S/c1-10(2)4-5-11-6-8-12(9-7-11)15(3,13)14/h10H,4-9H2,1-3H3. The Morgan fingerprint density at radius 3 is 2.07 bits per heavy atom. The summed E-state index contributed by atoms with van der Waals surface area (Å²) in [5.74, 6) is 0.720. The van der Waals surface area contributed by atoms with E-state index in [4.69, 9.17) is 0 Å². The van der Waals surface area contributed by atoms with E-state index in [1.54, 1.807) is 4.31 Å². The van der Waals surface area contributed by atoms with Crippen LogP contribution in [0.5, 0.6) is 0 Å². The topological polar surface area (TPSA) is 40.6 Å². The van der Waals surface area contributed by atoms with Crippen molar-refractivity contribution in [3.63, 3.8) is 0 Å². The summed E-state index contributed by atoms with van der Waals surface area (Å²) >= 11 is 0. The van der Waals surface area contributed by atoms with Crippen LogP contribution < -0.4 is 0 Å². The first-order valence-corrected chi connectivity index (χ1v) is 7.42. The molecule has 0 aromatic rings. The molecule has 0 aromatic carbocycles. The highest BCUT2D eigenvalue weighted by molar-refractivity contribution is 7.88. The lowest BCUT2D eigenvalue weighted by atomic mass is 10.1. The average Bonchev–Trinajstić information content (AvgIpc) is 2.14. The summed E-state index contributed by atoms with van der Waals surface area (Å²) in [5, 5.41) is 0. The van der Waals surface area contributed by atoms with Crippen LogP contribution in [0.25, 0.3) is 0 Å². The van der Waals surface area contributed by atoms with Gasteiger partial charge in [0.2, 0.25) is 10.0 Å². The molecule has 0 aromatic heterocycles. The molecule has 0 spiro atoms. The molecule has 0 amide bonds. The molecule has 0 saturated carbocycles. The van der Waals surface area contributed by atoms with E-state index in [0.717, 1.165) is 25.6 Å². The zero-order valence-electron chi connectivity index (χ0n) is 9.94. The van der Waals surface area contributed by atoms with Crippen LogP contribution in [-0.4, -0.2) is 56.6 Å². The highest BCUT2D eigenvalue weighted by atomic mass is 32.2. The summed E-state index contributed by atoms with van der Waals surface area (Å²) in [4.78, 5) is 2.35. The zero-order valence-corrected chi connectivity index (χ0v) is 10.8. The molecule has 15 heavy (non-hydrogen) atoms. The van der Waals surface area contributed by atoms with Gasteiger partial charge in [0, 0.05) is 26.2 Å². The summed E-state index contributed by atoms with van der Waals surface area (Å²) in [7, 11) is -2.97. The Kier molecular flexibility index (Phi) is 4.55. The summed E-state index contributed by atoms with van der Waals surface area (Å²) in [5.41, 5.74) is 0. The normalized spacial score (nSPS) is 21.1. The van der Waals surface area contributed by atoms with Crippen molar-refractivity contribution < 1.29 is 8.42 Å². The highest BCUT2D eigenvalue weighted by Crippen LogP contribution is 2.08. The molecular weight excluding hydrogens is 212 g/mol. The molecule has 1 rings (SSSR count). The van der Waals surface area contributed by atoms with Gasteiger partial charge >= 0.3 is 0 Å². The Balaban J connectivity index is 2.30. The Labute approximate surface area is 93.3 Å². The van der Waals surface area contributed by atoms with Gasteiger partial charge in [-0.3, -0.25) is 0 Å². The van der Waals surface area contributed by atoms with Gasteiger partial charge in [-0.15, -0.1) is 0 Å².